The molecule has 0 aromatic heterocycles. The average Bonchev–Trinajstić information content (AvgIpc) is 2.44. The summed E-state index contributed by atoms with van der Waals surface area (Å²) in [4.78, 5) is 12.9. The summed E-state index contributed by atoms with van der Waals surface area (Å²) in [5.74, 6) is -0.819. The van der Waals surface area contributed by atoms with Crippen LogP contribution in [0.1, 0.15) is 20.3 Å². The predicted molar refractivity (Wildman–Crippen MR) is 53.2 cm³/mol. The molecule has 0 aromatic rings. The van der Waals surface area contributed by atoms with E-state index in [2.05, 4.69) is 4.74 Å². The van der Waals surface area contributed by atoms with Crippen molar-refractivity contribution >= 4 is 5.97 Å². The lowest BCUT2D eigenvalue weighted by Gasteiger charge is -2.25. The molecule has 5 heteroatoms. The van der Waals surface area contributed by atoms with E-state index in [-0.39, 0.29) is 13.0 Å². The second-order valence-electron chi connectivity index (χ2n) is 4.73. The molecule has 0 radical (unpaired) electrons. The van der Waals surface area contributed by atoms with Gasteiger partial charge >= 0.3 is 5.97 Å². The normalized spacial score (nSPS) is 28.1. The molecule has 1 saturated heterocycles. The fraction of sp³-hybridized carbons (Fsp3) is 0.900. The maximum Gasteiger partial charge on any atom is 0.345 e. The Labute approximate surface area is 89.0 Å². The zero-order chi connectivity index (χ0) is 11.7. The molecule has 0 aromatic carbocycles. The fourth-order valence-corrected chi connectivity index (χ4v) is 1.88. The number of rotatable bonds is 3. The first-order chi connectivity index (χ1) is 6.77. The lowest BCUT2D eigenvalue weighted by Crippen LogP contribution is -2.42. The van der Waals surface area contributed by atoms with Crippen molar-refractivity contribution in [2.75, 3.05) is 26.7 Å². The van der Waals surface area contributed by atoms with Crippen LogP contribution in [-0.4, -0.2) is 54.0 Å². The molecule has 0 saturated carbocycles. The largest absolute Gasteiger partial charge is 0.467 e. The number of carbonyl (C=O) groups excluding carboxylic acids is 1. The van der Waals surface area contributed by atoms with Crippen LogP contribution >= 0.6 is 0 Å². The molecule has 88 valence electrons. The second-order valence-corrected chi connectivity index (χ2v) is 4.73. The summed E-state index contributed by atoms with van der Waals surface area (Å²) in [6.07, 6.45) is 0.135. The van der Waals surface area contributed by atoms with Gasteiger partial charge in [-0.05, 0) is 13.8 Å². The number of carbonyl (C=O) groups is 1. The molecule has 15 heavy (non-hydrogen) atoms. The number of alkyl halides is 1. The van der Waals surface area contributed by atoms with Crippen LogP contribution in [-0.2, 0) is 9.53 Å². The SMILES string of the molecule is COC(=O)C1(F)CCN(CC(C)(C)O)C1. The van der Waals surface area contributed by atoms with Gasteiger partial charge in [-0.3, -0.25) is 4.90 Å². The lowest BCUT2D eigenvalue weighted by atomic mass is 10.1. The Morgan fingerprint density at radius 1 is 1.67 bits per heavy atom. The van der Waals surface area contributed by atoms with E-state index in [4.69, 9.17) is 0 Å². The number of aliphatic hydroxyl groups is 1. The Balaban J connectivity index is 2.55. The number of hydrogen-bond acceptors (Lipinski definition) is 4. The standard InChI is InChI=1S/C10H18FNO3/c1-9(2,14)6-12-5-4-10(11,7-12)8(13)15-3/h14H,4-7H2,1-3H3. The van der Waals surface area contributed by atoms with E-state index in [1.54, 1.807) is 18.7 Å². The maximum atomic E-state index is 13.9. The first-order valence-electron chi connectivity index (χ1n) is 4.99. The van der Waals surface area contributed by atoms with E-state index >= 15 is 0 Å². The van der Waals surface area contributed by atoms with Gasteiger partial charge in [-0.1, -0.05) is 0 Å². The molecule has 0 bridgehead atoms. The van der Waals surface area contributed by atoms with E-state index in [1.165, 1.54) is 7.11 Å². The van der Waals surface area contributed by atoms with Crippen LogP contribution in [0.25, 0.3) is 0 Å². The summed E-state index contributed by atoms with van der Waals surface area (Å²) in [6, 6.07) is 0. The third kappa shape index (κ3) is 3.14. The lowest BCUT2D eigenvalue weighted by molar-refractivity contribution is -0.153. The summed E-state index contributed by atoms with van der Waals surface area (Å²) in [7, 11) is 1.18. The minimum Gasteiger partial charge on any atom is -0.467 e. The molecule has 0 amide bonds. The fourth-order valence-electron chi connectivity index (χ4n) is 1.88. The number of hydrogen-bond donors (Lipinski definition) is 1. The summed E-state index contributed by atoms with van der Waals surface area (Å²) in [5, 5.41) is 9.56. The third-order valence-electron chi connectivity index (χ3n) is 2.46. The average molecular weight is 219 g/mol. The van der Waals surface area contributed by atoms with Crippen LogP contribution in [0, 0.1) is 0 Å². The Kier molecular flexibility index (Phi) is 3.35. The first kappa shape index (κ1) is 12.4. The van der Waals surface area contributed by atoms with Gasteiger partial charge in [0.15, 0.2) is 0 Å². The van der Waals surface area contributed by atoms with Crippen LogP contribution in [0.15, 0.2) is 0 Å². The van der Waals surface area contributed by atoms with E-state index < -0.39 is 17.2 Å². The number of β-amino-alcohol motifs (C(OH)–C–C–N with tert-alkyl or cyclic N) is 1. The third-order valence-corrected chi connectivity index (χ3v) is 2.46. The molecule has 1 atom stereocenters. The molecule has 1 fully saturated rings. The predicted octanol–water partition coefficient (Wildman–Crippen LogP) is 0.344. The van der Waals surface area contributed by atoms with Crippen LogP contribution in [0.3, 0.4) is 0 Å². The highest BCUT2D eigenvalue weighted by atomic mass is 19.1. The number of nitrogens with zero attached hydrogens (tertiary/aromatic N) is 1. The molecular weight excluding hydrogens is 201 g/mol. The Hall–Kier alpha value is -0.680. The molecule has 0 spiro atoms. The van der Waals surface area contributed by atoms with Gasteiger partial charge in [0.25, 0.3) is 0 Å². The minimum absolute atomic E-state index is 0.00363. The first-order valence-corrected chi connectivity index (χ1v) is 4.99. The van der Waals surface area contributed by atoms with Crippen LogP contribution < -0.4 is 0 Å². The van der Waals surface area contributed by atoms with E-state index in [9.17, 15) is 14.3 Å². The van der Waals surface area contributed by atoms with E-state index in [0.29, 0.717) is 13.1 Å². The Morgan fingerprint density at radius 3 is 2.73 bits per heavy atom. The van der Waals surface area contributed by atoms with Gasteiger partial charge in [-0.25, -0.2) is 9.18 Å². The summed E-state index contributed by atoms with van der Waals surface area (Å²) < 4.78 is 18.3. The highest BCUT2D eigenvalue weighted by Crippen LogP contribution is 2.27. The zero-order valence-corrected chi connectivity index (χ0v) is 9.42. The summed E-state index contributed by atoms with van der Waals surface area (Å²) in [6.45, 7) is 4.14. The van der Waals surface area contributed by atoms with Gasteiger partial charge in [0.2, 0.25) is 5.67 Å². The van der Waals surface area contributed by atoms with Crippen molar-refractivity contribution in [3.8, 4) is 0 Å². The smallest absolute Gasteiger partial charge is 0.345 e. The van der Waals surface area contributed by atoms with Gasteiger partial charge in [-0.15, -0.1) is 0 Å². The number of methoxy groups -OCH3 is 1. The summed E-state index contributed by atoms with van der Waals surface area (Å²) >= 11 is 0. The molecule has 1 unspecified atom stereocenters. The topological polar surface area (TPSA) is 49.8 Å². The molecule has 1 heterocycles. The molecule has 1 aliphatic heterocycles. The minimum atomic E-state index is -1.90. The highest BCUT2D eigenvalue weighted by molar-refractivity contribution is 5.80. The van der Waals surface area contributed by atoms with Crippen molar-refractivity contribution in [2.45, 2.75) is 31.5 Å². The van der Waals surface area contributed by atoms with Crippen LogP contribution in [0.4, 0.5) is 4.39 Å². The Morgan fingerprint density at radius 2 is 2.27 bits per heavy atom. The molecule has 0 aliphatic carbocycles. The number of halogens is 1. The maximum absolute atomic E-state index is 13.9. The molecular formula is C10H18FNO3. The van der Waals surface area contributed by atoms with Crippen molar-refractivity contribution < 1.29 is 19.0 Å². The van der Waals surface area contributed by atoms with Gasteiger partial charge < -0.3 is 9.84 Å². The van der Waals surface area contributed by atoms with Crippen molar-refractivity contribution in [2.24, 2.45) is 0 Å². The molecule has 1 N–H and O–H groups in total. The second kappa shape index (κ2) is 4.06. The van der Waals surface area contributed by atoms with Gasteiger partial charge in [0.1, 0.15) is 0 Å². The molecule has 1 rings (SSSR count). The van der Waals surface area contributed by atoms with Crippen molar-refractivity contribution in [1.82, 2.24) is 4.90 Å². The van der Waals surface area contributed by atoms with Crippen molar-refractivity contribution in [1.29, 1.82) is 0 Å². The zero-order valence-electron chi connectivity index (χ0n) is 9.42. The van der Waals surface area contributed by atoms with Crippen LogP contribution in [0.5, 0.6) is 0 Å². The molecule has 1 aliphatic rings. The number of likely N-dealkylation sites (tertiary alicyclic amines) is 1. The van der Waals surface area contributed by atoms with Crippen LogP contribution in [0.2, 0.25) is 0 Å². The van der Waals surface area contributed by atoms with E-state index in [0.717, 1.165) is 0 Å². The van der Waals surface area contributed by atoms with Crippen molar-refractivity contribution in [3.05, 3.63) is 0 Å². The van der Waals surface area contributed by atoms with Gasteiger partial charge in [0, 0.05) is 26.1 Å². The highest BCUT2D eigenvalue weighted by Gasteiger charge is 2.46. The van der Waals surface area contributed by atoms with E-state index in [1.807, 2.05) is 0 Å². The number of esters is 1. The summed E-state index contributed by atoms with van der Waals surface area (Å²) in [5.41, 5.74) is -2.78. The van der Waals surface area contributed by atoms with Gasteiger partial charge in [0.05, 0.1) is 12.7 Å². The quantitative estimate of drug-likeness (QED) is 0.696. The molecule has 4 nitrogen and oxygen atoms in total. The number of ether oxygens (including phenoxy) is 1. The van der Waals surface area contributed by atoms with Crippen molar-refractivity contribution in [3.63, 3.8) is 0 Å². The Bertz CT molecular complexity index is 252. The van der Waals surface area contributed by atoms with Gasteiger partial charge in [-0.2, -0.15) is 0 Å². The monoisotopic (exact) mass is 219 g/mol.